The molecule has 2 aromatic rings. The molecule has 104 valence electrons. The predicted octanol–water partition coefficient (Wildman–Crippen LogP) is 3.72. The first kappa shape index (κ1) is 13.5. The highest BCUT2D eigenvalue weighted by Crippen LogP contribution is 2.45. The molecule has 2 unspecified atom stereocenters. The monoisotopic (exact) mass is 289 g/mol. The van der Waals surface area contributed by atoms with Crippen molar-refractivity contribution >= 4 is 11.8 Å². The normalized spacial score (nSPS) is 18.6. The fraction of sp³-hybridized carbons (Fsp3) is 0.250. The Labute approximate surface area is 122 Å². The van der Waals surface area contributed by atoms with Crippen LogP contribution in [0, 0.1) is 5.82 Å². The fourth-order valence-corrected chi connectivity index (χ4v) is 3.95. The Morgan fingerprint density at radius 2 is 2.05 bits per heavy atom. The molecule has 2 atom stereocenters. The van der Waals surface area contributed by atoms with Gasteiger partial charge in [-0.05, 0) is 17.7 Å². The number of hydrogen-bond donors (Lipinski definition) is 1. The van der Waals surface area contributed by atoms with Crippen LogP contribution in [0.5, 0.6) is 5.75 Å². The van der Waals surface area contributed by atoms with E-state index in [0.29, 0.717) is 5.56 Å². The Hall–Kier alpha value is -1.52. The van der Waals surface area contributed by atoms with E-state index in [-0.39, 0.29) is 23.5 Å². The highest BCUT2D eigenvalue weighted by atomic mass is 32.2. The van der Waals surface area contributed by atoms with Gasteiger partial charge in [0.1, 0.15) is 0 Å². The molecule has 0 amide bonds. The number of halogens is 1. The van der Waals surface area contributed by atoms with Crippen LogP contribution >= 0.6 is 11.8 Å². The zero-order valence-corrected chi connectivity index (χ0v) is 12.0. The summed E-state index contributed by atoms with van der Waals surface area (Å²) in [5.41, 5.74) is 8.07. The minimum absolute atomic E-state index is 0.137. The van der Waals surface area contributed by atoms with Crippen molar-refractivity contribution in [3.8, 4) is 5.75 Å². The van der Waals surface area contributed by atoms with Gasteiger partial charge in [-0.15, -0.1) is 11.8 Å². The molecule has 20 heavy (non-hydrogen) atoms. The minimum Gasteiger partial charge on any atom is -0.494 e. The molecule has 0 saturated heterocycles. The first-order chi connectivity index (χ1) is 9.72. The van der Waals surface area contributed by atoms with Crippen molar-refractivity contribution in [3.63, 3.8) is 0 Å². The number of rotatable bonds is 3. The summed E-state index contributed by atoms with van der Waals surface area (Å²) < 4.78 is 19.4. The standard InChI is InChI=1S/C16H16FNOS/c1-19-13-7-4-6-11(15(13)17)16(18)12-9-20-14-8-3-2-5-10(12)14/h2-8,12,16H,9,18H2,1H3. The largest absolute Gasteiger partial charge is 0.494 e. The van der Waals surface area contributed by atoms with Gasteiger partial charge in [0.2, 0.25) is 0 Å². The SMILES string of the molecule is COc1cccc(C(N)C2CSc3ccccc32)c1F. The molecule has 2 N–H and O–H groups in total. The molecule has 1 heterocycles. The summed E-state index contributed by atoms with van der Waals surface area (Å²) >= 11 is 1.78. The minimum atomic E-state index is -0.360. The summed E-state index contributed by atoms with van der Waals surface area (Å²) in [6, 6.07) is 13.0. The zero-order valence-electron chi connectivity index (χ0n) is 11.2. The molecule has 0 spiro atoms. The molecule has 0 radical (unpaired) electrons. The molecular formula is C16H16FNOS. The maximum absolute atomic E-state index is 14.3. The van der Waals surface area contributed by atoms with Crippen LogP contribution in [0.2, 0.25) is 0 Å². The zero-order chi connectivity index (χ0) is 14.1. The van der Waals surface area contributed by atoms with Gasteiger partial charge in [0.05, 0.1) is 7.11 Å². The van der Waals surface area contributed by atoms with Crippen LogP contribution in [0.25, 0.3) is 0 Å². The van der Waals surface area contributed by atoms with Crippen LogP contribution < -0.4 is 10.5 Å². The third-order valence-electron chi connectivity index (χ3n) is 3.74. The maximum Gasteiger partial charge on any atom is 0.169 e. The van der Waals surface area contributed by atoms with Gasteiger partial charge in [0, 0.05) is 28.2 Å². The van der Waals surface area contributed by atoms with Crippen molar-refractivity contribution in [2.24, 2.45) is 5.73 Å². The molecule has 0 aliphatic carbocycles. The van der Waals surface area contributed by atoms with Crippen LogP contribution in [0.3, 0.4) is 0 Å². The molecule has 0 aromatic heterocycles. The summed E-state index contributed by atoms with van der Waals surface area (Å²) in [5.74, 6) is 0.920. The lowest BCUT2D eigenvalue weighted by molar-refractivity contribution is 0.381. The van der Waals surface area contributed by atoms with Crippen LogP contribution in [0.1, 0.15) is 23.1 Å². The molecule has 4 heteroatoms. The second kappa shape index (κ2) is 5.46. The number of hydrogen-bond acceptors (Lipinski definition) is 3. The Bertz CT molecular complexity index is 632. The average molecular weight is 289 g/mol. The van der Waals surface area contributed by atoms with Crippen LogP contribution in [0.4, 0.5) is 4.39 Å². The van der Waals surface area contributed by atoms with Crippen molar-refractivity contribution in [3.05, 3.63) is 59.4 Å². The van der Waals surface area contributed by atoms with E-state index in [2.05, 4.69) is 12.1 Å². The summed E-state index contributed by atoms with van der Waals surface area (Å²) in [6.07, 6.45) is 0. The molecule has 2 aromatic carbocycles. The summed E-state index contributed by atoms with van der Waals surface area (Å²) in [4.78, 5) is 1.25. The van der Waals surface area contributed by atoms with E-state index in [9.17, 15) is 4.39 Å². The predicted molar refractivity (Wildman–Crippen MR) is 79.8 cm³/mol. The summed E-state index contributed by atoms with van der Waals surface area (Å²) in [7, 11) is 1.47. The van der Waals surface area contributed by atoms with Crippen LogP contribution in [-0.2, 0) is 0 Å². The smallest absolute Gasteiger partial charge is 0.169 e. The van der Waals surface area contributed by atoms with Crippen LogP contribution in [0.15, 0.2) is 47.4 Å². The number of benzene rings is 2. The van der Waals surface area contributed by atoms with E-state index >= 15 is 0 Å². The number of nitrogens with two attached hydrogens (primary N) is 1. The lowest BCUT2D eigenvalue weighted by Crippen LogP contribution is -2.21. The highest BCUT2D eigenvalue weighted by molar-refractivity contribution is 7.99. The van der Waals surface area contributed by atoms with E-state index < -0.39 is 0 Å². The first-order valence-electron chi connectivity index (χ1n) is 6.52. The Kier molecular flexibility index (Phi) is 3.68. The van der Waals surface area contributed by atoms with E-state index in [1.54, 1.807) is 30.0 Å². The summed E-state index contributed by atoms with van der Waals surface area (Å²) in [5, 5.41) is 0. The van der Waals surface area contributed by atoms with Crippen molar-refractivity contribution in [1.82, 2.24) is 0 Å². The number of thioether (sulfide) groups is 1. The highest BCUT2D eigenvalue weighted by Gasteiger charge is 2.30. The van der Waals surface area contributed by atoms with Crippen molar-refractivity contribution < 1.29 is 9.13 Å². The van der Waals surface area contributed by atoms with E-state index in [1.807, 2.05) is 12.1 Å². The van der Waals surface area contributed by atoms with E-state index in [0.717, 1.165) is 5.75 Å². The Morgan fingerprint density at radius 3 is 2.85 bits per heavy atom. The topological polar surface area (TPSA) is 35.2 Å². The number of methoxy groups -OCH3 is 1. The van der Waals surface area contributed by atoms with E-state index in [4.69, 9.17) is 10.5 Å². The van der Waals surface area contributed by atoms with Gasteiger partial charge in [0.25, 0.3) is 0 Å². The average Bonchev–Trinajstić information content (AvgIpc) is 2.91. The molecule has 0 saturated carbocycles. The van der Waals surface area contributed by atoms with Crippen molar-refractivity contribution in [2.75, 3.05) is 12.9 Å². The molecule has 1 aliphatic heterocycles. The molecule has 1 aliphatic rings. The lowest BCUT2D eigenvalue weighted by atomic mass is 9.89. The molecule has 0 fully saturated rings. The van der Waals surface area contributed by atoms with Crippen molar-refractivity contribution in [2.45, 2.75) is 16.9 Å². The van der Waals surface area contributed by atoms with Gasteiger partial charge in [-0.1, -0.05) is 30.3 Å². The molecular weight excluding hydrogens is 273 g/mol. The summed E-state index contributed by atoms with van der Waals surface area (Å²) in [6.45, 7) is 0. The van der Waals surface area contributed by atoms with Gasteiger partial charge in [-0.25, -0.2) is 4.39 Å². The van der Waals surface area contributed by atoms with Crippen LogP contribution in [-0.4, -0.2) is 12.9 Å². The van der Waals surface area contributed by atoms with Gasteiger partial charge in [-0.2, -0.15) is 0 Å². The fourth-order valence-electron chi connectivity index (χ4n) is 2.64. The van der Waals surface area contributed by atoms with Gasteiger partial charge >= 0.3 is 0 Å². The van der Waals surface area contributed by atoms with Gasteiger partial charge < -0.3 is 10.5 Å². The third-order valence-corrected chi connectivity index (χ3v) is 4.95. The van der Waals surface area contributed by atoms with Gasteiger partial charge in [-0.3, -0.25) is 0 Å². The van der Waals surface area contributed by atoms with Gasteiger partial charge in [0.15, 0.2) is 11.6 Å². The number of fused-ring (bicyclic) bond motifs is 1. The lowest BCUT2D eigenvalue weighted by Gasteiger charge is -2.21. The molecule has 0 bridgehead atoms. The quantitative estimate of drug-likeness (QED) is 0.935. The second-order valence-corrected chi connectivity index (χ2v) is 5.91. The molecule has 3 rings (SSSR count). The third kappa shape index (κ3) is 2.19. The Morgan fingerprint density at radius 1 is 1.25 bits per heavy atom. The van der Waals surface area contributed by atoms with Crippen molar-refractivity contribution in [1.29, 1.82) is 0 Å². The maximum atomic E-state index is 14.3. The molecule has 2 nitrogen and oxygen atoms in total. The number of ether oxygens (including phenoxy) is 1. The Balaban J connectivity index is 1.97. The first-order valence-corrected chi connectivity index (χ1v) is 7.50. The van der Waals surface area contributed by atoms with E-state index in [1.165, 1.54) is 17.6 Å². The second-order valence-electron chi connectivity index (χ2n) is 4.84.